The highest BCUT2D eigenvalue weighted by Crippen LogP contribution is 2.32. The van der Waals surface area contributed by atoms with E-state index in [1.54, 1.807) is 18.2 Å². The minimum absolute atomic E-state index is 0.317. The lowest BCUT2D eigenvalue weighted by Gasteiger charge is -2.21. The summed E-state index contributed by atoms with van der Waals surface area (Å²) in [6, 6.07) is 4.92. The normalized spacial score (nSPS) is 14.8. The molecule has 1 aliphatic rings. The van der Waals surface area contributed by atoms with Crippen molar-refractivity contribution in [1.29, 1.82) is 0 Å². The van der Waals surface area contributed by atoms with E-state index in [9.17, 15) is 4.79 Å². The molecule has 0 amide bonds. The van der Waals surface area contributed by atoms with Crippen molar-refractivity contribution >= 4 is 17.3 Å². The van der Waals surface area contributed by atoms with Crippen LogP contribution in [0.4, 0.5) is 11.4 Å². The lowest BCUT2D eigenvalue weighted by molar-refractivity contribution is 0.0697. The second-order valence-electron chi connectivity index (χ2n) is 4.41. The van der Waals surface area contributed by atoms with Crippen molar-refractivity contribution < 1.29 is 9.90 Å². The van der Waals surface area contributed by atoms with E-state index in [0.717, 1.165) is 6.54 Å². The number of aromatic carboxylic acids is 1. The minimum atomic E-state index is -0.905. The van der Waals surface area contributed by atoms with Crippen molar-refractivity contribution in [2.75, 3.05) is 24.2 Å². The van der Waals surface area contributed by atoms with Gasteiger partial charge in [0.25, 0.3) is 0 Å². The van der Waals surface area contributed by atoms with Crippen molar-refractivity contribution in [3.05, 3.63) is 23.8 Å². The second kappa shape index (κ2) is 4.04. The van der Waals surface area contributed by atoms with E-state index >= 15 is 0 Å². The molecule has 4 heteroatoms. The Hall–Kier alpha value is -1.71. The number of nitrogens with two attached hydrogens (primary N) is 1. The highest BCUT2D eigenvalue weighted by atomic mass is 16.4. The predicted octanol–water partition coefficient (Wildman–Crippen LogP) is 1.81. The zero-order valence-corrected chi connectivity index (χ0v) is 9.31. The summed E-state index contributed by atoms with van der Waals surface area (Å²) in [6.07, 6.45) is 2.49. The van der Waals surface area contributed by atoms with Gasteiger partial charge in [0.05, 0.1) is 11.3 Å². The van der Waals surface area contributed by atoms with E-state index in [0.29, 0.717) is 22.9 Å². The summed E-state index contributed by atoms with van der Waals surface area (Å²) >= 11 is 0. The lowest BCUT2D eigenvalue weighted by atomic mass is 10.1. The molecule has 1 saturated carbocycles. The third kappa shape index (κ3) is 2.27. The molecule has 86 valence electrons. The summed E-state index contributed by atoms with van der Waals surface area (Å²) < 4.78 is 0. The first kappa shape index (κ1) is 10.8. The Balaban J connectivity index is 2.27. The van der Waals surface area contributed by atoms with Crippen LogP contribution in [-0.4, -0.2) is 24.7 Å². The average molecular weight is 220 g/mol. The van der Waals surface area contributed by atoms with E-state index in [-0.39, 0.29) is 0 Å². The summed E-state index contributed by atoms with van der Waals surface area (Å²) in [6.45, 7) is 0.906. The number of nitrogen functional groups attached to an aromatic ring is 1. The maximum Gasteiger partial charge on any atom is 0.337 e. The van der Waals surface area contributed by atoms with Gasteiger partial charge >= 0.3 is 5.97 Å². The number of carboxylic acid groups (broad SMARTS) is 1. The van der Waals surface area contributed by atoms with Gasteiger partial charge in [0.1, 0.15) is 0 Å². The summed E-state index contributed by atoms with van der Waals surface area (Å²) in [5.74, 6) is -0.189. The molecule has 0 aromatic heterocycles. The van der Waals surface area contributed by atoms with Gasteiger partial charge in [-0.15, -0.1) is 0 Å². The SMILES string of the molecule is CN(CC1CC1)c1cc(N)ccc1C(=O)O. The Kier molecular flexibility index (Phi) is 2.73. The van der Waals surface area contributed by atoms with E-state index in [4.69, 9.17) is 10.8 Å². The standard InChI is InChI=1S/C12H16N2O2/c1-14(7-8-2-3-8)11-6-9(13)4-5-10(11)12(15)16/h4-6,8H,2-3,7,13H2,1H3,(H,15,16). The summed E-state index contributed by atoms with van der Waals surface area (Å²) in [7, 11) is 1.92. The smallest absolute Gasteiger partial charge is 0.337 e. The Morgan fingerprint density at radius 2 is 2.25 bits per heavy atom. The van der Waals surface area contributed by atoms with Crippen LogP contribution in [0, 0.1) is 5.92 Å². The van der Waals surface area contributed by atoms with Crippen LogP contribution in [0.15, 0.2) is 18.2 Å². The molecule has 4 nitrogen and oxygen atoms in total. The fourth-order valence-electron chi connectivity index (χ4n) is 1.83. The molecule has 1 fully saturated rings. The maximum atomic E-state index is 11.1. The van der Waals surface area contributed by atoms with Crippen LogP contribution in [0.3, 0.4) is 0 Å². The molecule has 2 rings (SSSR count). The summed E-state index contributed by atoms with van der Waals surface area (Å²) in [4.78, 5) is 13.1. The molecule has 0 bridgehead atoms. The molecule has 0 spiro atoms. The van der Waals surface area contributed by atoms with Crippen LogP contribution in [0.5, 0.6) is 0 Å². The zero-order valence-electron chi connectivity index (χ0n) is 9.31. The average Bonchev–Trinajstić information content (AvgIpc) is 3.01. The lowest BCUT2D eigenvalue weighted by Crippen LogP contribution is -2.22. The van der Waals surface area contributed by atoms with E-state index in [1.807, 2.05) is 11.9 Å². The molecule has 0 heterocycles. The predicted molar refractivity (Wildman–Crippen MR) is 63.8 cm³/mol. The summed E-state index contributed by atoms with van der Waals surface area (Å²) in [5.41, 5.74) is 7.32. The molecule has 0 aliphatic heterocycles. The fraction of sp³-hybridized carbons (Fsp3) is 0.417. The Morgan fingerprint density at radius 1 is 1.56 bits per heavy atom. The van der Waals surface area contributed by atoms with Gasteiger partial charge in [-0.05, 0) is 37.0 Å². The first-order valence-corrected chi connectivity index (χ1v) is 5.42. The first-order chi connectivity index (χ1) is 7.58. The van der Waals surface area contributed by atoms with Crippen molar-refractivity contribution in [3.8, 4) is 0 Å². The van der Waals surface area contributed by atoms with Gasteiger partial charge in [-0.3, -0.25) is 0 Å². The van der Waals surface area contributed by atoms with Gasteiger partial charge in [-0.25, -0.2) is 4.79 Å². The number of hydrogen-bond donors (Lipinski definition) is 2. The number of carbonyl (C=O) groups is 1. The van der Waals surface area contributed by atoms with E-state index in [1.165, 1.54) is 12.8 Å². The number of nitrogens with zero attached hydrogens (tertiary/aromatic N) is 1. The second-order valence-corrected chi connectivity index (χ2v) is 4.41. The minimum Gasteiger partial charge on any atom is -0.478 e. The Labute approximate surface area is 94.7 Å². The van der Waals surface area contributed by atoms with Crippen molar-refractivity contribution in [2.45, 2.75) is 12.8 Å². The quantitative estimate of drug-likeness (QED) is 0.759. The molecular weight excluding hydrogens is 204 g/mol. The van der Waals surface area contributed by atoms with Crippen LogP contribution < -0.4 is 10.6 Å². The highest BCUT2D eigenvalue weighted by Gasteiger charge is 2.24. The van der Waals surface area contributed by atoms with Gasteiger partial charge in [0.2, 0.25) is 0 Å². The van der Waals surface area contributed by atoms with Crippen molar-refractivity contribution in [1.82, 2.24) is 0 Å². The Bertz CT molecular complexity index is 413. The highest BCUT2D eigenvalue weighted by molar-refractivity contribution is 5.95. The fourth-order valence-corrected chi connectivity index (χ4v) is 1.83. The molecule has 1 aliphatic carbocycles. The van der Waals surface area contributed by atoms with Crippen LogP contribution in [0.25, 0.3) is 0 Å². The zero-order chi connectivity index (χ0) is 11.7. The largest absolute Gasteiger partial charge is 0.478 e. The summed E-state index contributed by atoms with van der Waals surface area (Å²) in [5, 5.41) is 9.09. The molecule has 0 unspecified atom stereocenters. The van der Waals surface area contributed by atoms with Crippen LogP contribution in [-0.2, 0) is 0 Å². The molecule has 0 saturated heterocycles. The molecule has 0 atom stereocenters. The first-order valence-electron chi connectivity index (χ1n) is 5.42. The molecule has 1 aromatic carbocycles. The Morgan fingerprint density at radius 3 is 2.81 bits per heavy atom. The maximum absolute atomic E-state index is 11.1. The molecule has 0 radical (unpaired) electrons. The number of carboxylic acids is 1. The van der Waals surface area contributed by atoms with Crippen LogP contribution in [0.2, 0.25) is 0 Å². The van der Waals surface area contributed by atoms with Gasteiger partial charge in [-0.2, -0.15) is 0 Å². The third-order valence-corrected chi connectivity index (χ3v) is 2.89. The van der Waals surface area contributed by atoms with Gasteiger partial charge in [0, 0.05) is 19.3 Å². The number of hydrogen-bond acceptors (Lipinski definition) is 3. The van der Waals surface area contributed by atoms with Crippen molar-refractivity contribution in [2.24, 2.45) is 5.92 Å². The van der Waals surface area contributed by atoms with E-state index in [2.05, 4.69) is 0 Å². The monoisotopic (exact) mass is 220 g/mol. The van der Waals surface area contributed by atoms with E-state index < -0.39 is 5.97 Å². The molecule has 1 aromatic rings. The van der Waals surface area contributed by atoms with Gasteiger partial charge < -0.3 is 15.7 Å². The topological polar surface area (TPSA) is 66.6 Å². The molecule has 3 N–H and O–H groups in total. The van der Waals surface area contributed by atoms with Gasteiger partial charge in [0.15, 0.2) is 0 Å². The molecule has 16 heavy (non-hydrogen) atoms. The van der Waals surface area contributed by atoms with Crippen LogP contribution in [0.1, 0.15) is 23.2 Å². The number of benzene rings is 1. The van der Waals surface area contributed by atoms with Gasteiger partial charge in [-0.1, -0.05) is 0 Å². The third-order valence-electron chi connectivity index (χ3n) is 2.89. The molecular formula is C12H16N2O2. The van der Waals surface area contributed by atoms with Crippen LogP contribution >= 0.6 is 0 Å². The van der Waals surface area contributed by atoms with Crippen molar-refractivity contribution in [3.63, 3.8) is 0 Å². The number of anilines is 2. The number of rotatable bonds is 4.